The highest BCUT2D eigenvalue weighted by Crippen LogP contribution is 2.18. The third kappa shape index (κ3) is 4.84. The van der Waals surface area contributed by atoms with Crippen LogP contribution < -0.4 is 0 Å². The van der Waals surface area contributed by atoms with Crippen molar-refractivity contribution in [3.05, 3.63) is 30.1 Å². The number of nitrogens with zero attached hydrogens (tertiary/aromatic N) is 2. The number of hydrogen-bond donors (Lipinski definition) is 0. The van der Waals surface area contributed by atoms with E-state index in [-0.39, 0.29) is 0 Å². The van der Waals surface area contributed by atoms with E-state index in [0.717, 1.165) is 23.8 Å². The van der Waals surface area contributed by atoms with Gasteiger partial charge in [0.05, 0.1) is 11.0 Å². The van der Waals surface area contributed by atoms with Crippen molar-refractivity contribution in [1.29, 1.82) is 0 Å². The first-order valence-corrected chi connectivity index (χ1v) is 9.49. The molecule has 2 nitrogen and oxygen atoms in total. The van der Waals surface area contributed by atoms with E-state index in [4.69, 9.17) is 4.98 Å². The zero-order valence-electron chi connectivity index (χ0n) is 13.2. The molecular formula is C18H27BrN2. The van der Waals surface area contributed by atoms with E-state index in [0.29, 0.717) is 0 Å². The second-order valence-electron chi connectivity index (χ2n) is 5.69. The number of halogens is 1. The van der Waals surface area contributed by atoms with Gasteiger partial charge in [0.25, 0.3) is 0 Å². The summed E-state index contributed by atoms with van der Waals surface area (Å²) < 4.78 is 2.42. The number of hydrogen-bond acceptors (Lipinski definition) is 1. The van der Waals surface area contributed by atoms with Gasteiger partial charge in [-0.3, -0.25) is 0 Å². The van der Waals surface area contributed by atoms with E-state index in [1.807, 2.05) is 0 Å². The van der Waals surface area contributed by atoms with Crippen molar-refractivity contribution >= 4 is 27.0 Å². The smallest absolute Gasteiger partial charge is 0.109 e. The predicted molar refractivity (Wildman–Crippen MR) is 95.2 cm³/mol. The van der Waals surface area contributed by atoms with Crippen molar-refractivity contribution in [2.45, 2.75) is 64.8 Å². The molecule has 0 radical (unpaired) electrons. The van der Waals surface area contributed by atoms with Crippen molar-refractivity contribution in [2.24, 2.45) is 0 Å². The fourth-order valence-electron chi connectivity index (χ4n) is 2.89. The maximum Gasteiger partial charge on any atom is 0.109 e. The number of rotatable bonds is 10. The number of aromatic nitrogens is 2. The SMILES string of the molecule is CCc1nc2ccccc2n1CCCCCCCCCBr. The molecule has 1 heterocycles. The Morgan fingerprint density at radius 1 is 0.952 bits per heavy atom. The maximum absolute atomic E-state index is 4.74. The van der Waals surface area contributed by atoms with Crippen LogP contribution >= 0.6 is 15.9 Å². The molecule has 0 saturated heterocycles. The minimum absolute atomic E-state index is 1.02. The number of fused-ring (bicyclic) bond motifs is 1. The monoisotopic (exact) mass is 350 g/mol. The Morgan fingerprint density at radius 2 is 1.62 bits per heavy atom. The molecule has 3 heteroatoms. The highest BCUT2D eigenvalue weighted by molar-refractivity contribution is 9.09. The molecule has 116 valence electrons. The second kappa shape index (κ2) is 9.24. The molecular weight excluding hydrogens is 324 g/mol. The van der Waals surface area contributed by atoms with Gasteiger partial charge in [0.2, 0.25) is 0 Å². The van der Waals surface area contributed by atoms with Crippen molar-refractivity contribution in [1.82, 2.24) is 9.55 Å². The molecule has 0 fully saturated rings. The van der Waals surface area contributed by atoms with Gasteiger partial charge in [-0.25, -0.2) is 4.98 Å². The quantitative estimate of drug-likeness (QED) is 0.395. The van der Waals surface area contributed by atoms with Crippen LogP contribution in [0.25, 0.3) is 11.0 Å². The summed E-state index contributed by atoms with van der Waals surface area (Å²) in [7, 11) is 0. The number of alkyl halides is 1. The predicted octanol–water partition coefficient (Wildman–Crippen LogP) is 5.72. The van der Waals surface area contributed by atoms with Gasteiger partial charge in [-0.2, -0.15) is 0 Å². The largest absolute Gasteiger partial charge is 0.328 e. The molecule has 0 atom stereocenters. The summed E-state index contributed by atoms with van der Waals surface area (Å²) in [6.07, 6.45) is 10.5. The molecule has 2 aromatic rings. The van der Waals surface area contributed by atoms with E-state index in [2.05, 4.69) is 51.7 Å². The summed E-state index contributed by atoms with van der Waals surface area (Å²) in [5, 5.41) is 1.15. The fraction of sp³-hybridized carbons (Fsp3) is 0.611. The minimum atomic E-state index is 1.02. The van der Waals surface area contributed by atoms with Crippen molar-refractivity contribution in [2.75, 3.05) is 5.33 Å². The van der Waals surface area contributed by atoms with Crippen LogP contribution in [0, 0.1) is 0 Å². The second-order valence-corrected chi connectivity index (χ2v) is 6.48. The molecule has 0 N–H and O–H groups in total. The normalized spacial score (nSPS) is 11.3. The average molecular weight is 351 g/mol. The molecule has 1 aromatic carbocycles. The topological polar surface area (TPSA) is 17.8 Å². The van der Waals surface area contributed by atoms with Gasteiger partial charge < -0.3 is 4.57 Å². The summed E-state index contributed by atoms with van der Waals surface area (Å²) in [5.74, 6) is 1.23. The zero-order chi connectivity index (χ0) is 14.9. The van der Waals surface area contributed by atoms with Gasteiger partial charge in [-0.05, 0) is 25.0 Å². The van der Waals surface area contributed by atoms with Crippen LogP contribution in [0.4, 0.5) is 0 Å². The van der Waals surface area contributed by atoms with Crippen LogP contribution in [0.1, 0.15) is 57.7 Å². The van der Waals surface area contributed by atoms with Crippen LogP contribution in [-0.4, -0.2) is 14.9 Å². The highest BCUT2D eigenvalue weighted by atomic mass is 79.9. The molecule has 0 aliphatic carbocycles. The highest BCUT2D eigenvalue weighted by Gasteiger charge is 2.07. The van der Waals surface area contributed by atoms with E-state index >= 15 is 0 Å². The van der Waals surface area contributed by atoms with Gasteiger partial charge in [0.15, 0.2) is 0 Å². The summed E-state index contributed by atoms with van der Waals surface area (Å²) in [6, 6.07) is 8.51. The van der Waals surface area contributed by atoms with Gasteiger partial charge in [-0.1, -0.05) is 67.1 Å². The first kappa shape index (κ1) is 16.5. The Bertz CT molecular complexity index is 533. The maximum atomic E-state index is 4.74. The van der Waals surface area contributed by atoms with E-state index in [9.17, 15) is 0 Å². The van der Waals surface area contributed by atoms with E-state index in [1.54, 1.807) is 0 Å². The van der Waals surface area contributed by atoms with Crippen molar-refractivity contribution < 1.29 is 0 Å². The molecule has 2 rings (SSSR count). The Morgan fingerprint density at radius 3 is 2.33 bits per heavy atom. The van der Waals surface area contributed by atoms with Crippen LogP contribution in [0.5, 0.6) is 0 Å². The van der Waals surface area contributed by atoms with E-state index < -0.39 is 0 Å². The third-order valence-electron chi connectivity index (χ3n) is 4.07. The fourth-order valence-corrected chi connectivity index (χ4v) is 3.29. The summed E-state index contributed by atoms with van der Waals surface area (Å²) in [4.78, 5) is 4.74. The molecule has 0 aliphatic rings. The Labute approximate surface area is 137 Å². The lowest BCUT2D eigenvalue weighted by Crippen LogP contribution is -2.03. The van der Waals surface area contributed by atoms with Crippen LogP contribution in [-0.2, 0) is 13.0 Å². The summed E-state index contributed by atoms with van der Waals surface area (Å²) in [6.45, 7) is 3.31. The Kier molecular flexibility index (Phi) is 7.28. The molecule has 0 spiro atoms. The Balaban J connectivity index is 1.78. The third-order valence-corrected chi connectivity index (χ3v) is 4.63. The lowest BCUT2D eigenvalue weighted by molar-refractivity contribution is 0.548. The molecule has 0 aliphatic heterocycles. The van der Waals surface area contributed by atoms with E-state index in [1.165, 1.54) is 56.3 Å². The van der Waals surface area contributed by atoms with Crippen LogP contribution in [0.3, 0.4) is 0 Å². The van der Waals surface area contributed by atoms with Crippen molar-refractivity contribution in [3.8, 4) is 0 Å². The van der Waals surface area contributed by atoms with Crippen LogP contribution in [0.2, 0.25) is 0 Å². The molecule has 0 amide bonds. The number of para-hydroxylation sites is 2. The van der Waals surface area contributed by atoms with Crippen molar-refractivity contribution in [3.63, 3.8) is 0 Å². The molecule has 21 heavy (non-hydrogen) atoms. The lowest BCUT2D eigenvalue weighted by atomic mass is 10.1. The Hall–Kier alpha value is -0.830. The number of aryl methyl sites for hydroxylation is 2. The molecule has 0 bridgehead atoms. The number of benzene rings is 1. The lowest BCUT2D eigenvalue weighted by Gasteiger charge is -2.08. The average Bonchev–Trinajstić information content (AvgIpc) is 2.88. The first-order chi connectivity index (χ1) is 10.4. The van der Waals surface area contributed by atoms with Gasteiger partial charge >= 0.3 is 0 Å². The number of imidazole rings is 1. The molecule has 0 saturated carbocycles. The number of unbranched alkanes of at least 4 members (excludes halogenated alkanes) is 6. The van der Waals surface area contributed by atoms with Crippen LogP contribution in [0.15, 0.2) is 24.3 Å². The first-order valence-electron chi connectivity index (χ1n) is 8.37. The standard InChI is InChI=1S/C18H27BrN2/c1-2-18-20-16-12-8-9-13-17(16)21(18)15-11-7-5-3-4-6-10-14-19/h8-9,12-13H,2-7,10-11,14-15H2,1H3. The van der Waals surface area contributed by atoms with Gasteiger partial charge in [0, 0.05) is 18.3 Å². The summed E-state index contributed by atoms with van der Waals surface area (Å²) in [5.41, 5.74) is 2.44. The molecule has 0 unspecified atom stereocenters. The molecule has 1 aromatic heterocycles. The van der Waals surface area contributed by atoms with Gasteiger partial charge in [0.1, 0.15) is 5.82 Å². The summed E-state index contributed by atoms with van der Waals surface area (Å²) >= 11 is 3.49. The minimum Gasteiger partial charge on any atom is -0.328 e. The zero-order valence-corrected chi connectivity index (χ0v) is 14.7. The van der Waals surface area contributed by atoms with Gasteiger partial charge in [-0.15, -0.1) is 0 Å².